The number of benzene rings is 12. The van der Waals surface area contributed by atoms with Crippen molar-refractivity contribution >= 4 is 101 Å². The summed E-state index contributed by atoms with van der Waals surface area (Å²) in [6, 6.07) is 46.6. The maximum absolute atomic E-state index is 10.0. The Labute approximate surface area is 597 Å². The van der Waals surface area contributed by atoms with Gasteiger partial charge in [-0.25, -0.2) is 0 Å². The van der Waals surface area contributed by atoms with Crippen molar-refractivity contribution in [2.45, 2.75) is 131 Å². The van der Waals surface area contributed by atoms with Gasteiger partial charge in [0.15, 0.2) is 0 Å². The topological polar surface area (TPSA) is 16.3 Å². The van der Waals surface area contributed by atoms with Crippen LogP contribution < -0.4 is 26.2 Å². The van der Waals surface area contributed by atoms with Crippen LogP contribution >= 0.6 is 0 Å². The Kier molecular flexibility index (Phi) is 10.6. The lowest BCUT2D eigenvalue weighted by Gasteiger charge is -2.45. The van der Waals surface area contributed by atoms with Gasteiger partial charge in [0.05, 0.1) is 49.7 Å². The Morgan fingerprint density at radius 2 is 0.608 bits per heavy atom. The van der Waals surface area contributed by atoms with Gasteiger partial charge in [-0.2, -0.15) is 0 Å². The van der Waals surface area contributed by atoms with Crippen LogP contribution in [0.2, 0.25) is 0 Å². The van der Waals surface area contributed by atoms with E-state index in [2.05, 4.69) is 223 Å². The molecule has 0 radical (unpaired) electrons. The molecule has 2 aromatic heterocycles. The molecule has 4 heterocycles. The van der Waals surface area contributed by atoms with E-state index in [1.165, 1.54) is 4.57 Å². The number of hydrogen-bond donors (Lipinski definition) is 0. The van der Waals surface area contributed by atoms with E-state index in [-0.39, 0.29) is 82.1 Å². The zero-order valence-corrected chi connectivity index (χ0v) is 57.9. The van der Waals surface area contributed by atoms with E-state index in [1.807, 2.05) is 48.5 Å². The second-order valence-electron chi connectivity index (χ2n) is 31.6. The smallest absolute Gasteiger partial charge is 0.252 e. The first kappa shape index (κ1) is 46.1. The summed E-state index contributed by atoms with van der Waals surface area (Å²) in [4.78, 5) is 4.37. The molecule has 478 valence electrons. The quantitative estimate of drug-likeness (QED) is 0.148. The van der Waals surface area contributed by atoms with E-state index in [0.717, 1.165) is 89.0 Å². The number of aromatic nitrogens is 2. The Morgan fingerprint density at radius 1 is 0.268 bits per heavy atom. The van der Waals surface area contributed by atoms with Crippen molar-refractivity contribution in [1.29, 1.82) is 0 Å². The summed E-state index contributed by atoms with van der Waals surface area (Å²) < 4.78 is 155. The van der Waals surface area contributed by atoms with Crippen LogP contribution in [0.25, 0.3) is 88.4 Å². The van der Waals surface area contributed by atoms with Crippen molar-refractivity contribution < 1.29 is 21.9 Å². The Morgan fingerprint density at radius 3 is 1.02 bits per heavy atom. The lowest BCUT2D eigenvalue weighted by atomic mass is 9.33. The fourth-order valence-electron chi connectivity index (χ4n) is 14.5. The predicted octanol–water partition coefficient (Wildman–Crippen LogP) is 23.5. The molecule has 0 saturated carbocycles. The molecule has 14 aromatic rings. The number of anilines is 6. The van der Waals surface area contributed by atoms with Crippen LogP contribution in [0.15, 0.2) is 254 Å². The molecule has 0 bridgehead atoms. The molecule has 0 amide bonds. The molecule has 0 fully saturated rings. The molecular formula is C92H87BN4. The molecule has 0 unspecified atom stereocenters. The van der Waals surface area contributed by atoms with Gasteiger partial charge in [0.1, 0.15) is 0 Å². The number of rotatable bonds is 7. The van der Waals surface area contributed by atoms with Crippen molar-refractivity contribution in [3.63, 3.8) is 0 Å². The maximum Gasteiger partial charge on any atom is 0.252 e. The number of fused-ring (bicyclic) bond motifs is 10. The van der Waals surface area contributed by atoms with Gasteiger partial charge in [-0.05, 0) is 183 Å². The van der Waals surface area contributed by atoms with Crippen molar-refractivity contribution in [2.24, 2.45) is 0 Å². The van der Waals surface area contributed by atoms with Gasteiger partial charge in [-0.15, -0.1) is 0 Å². The monoisotopic (exact) mass is 1270 g/mol. The highest BCUT2D eigenvalue weighted by Crippen LogP contribution is 2.50. The highest BCUT2D eigenvalue weighted by Gasteiger charge is 2.45. The molecular weight excluding hydrogens is 1170 g/mol. The van der Waals surface area contributed by atoms with Gasteiger partial charge in [0, 0.05) is 61.4 Å². The normalized spacial score (nSPS) is 15.8. The second-order valence-corrected chi connectivity index (χ2v) is 31.6. The van der Waals surface area contributed by atoms with E-state index < -0.39 is 103 Å². The van der Waals surface area contributed by atoms with E-state index in [4.69, 9.17) is 2.74 Å². The molecule has 12 aromatic carbocycles. The van der Waals surface area contributed by atoms with Crippen LogP contribution in [0.1, 0.15) is 154 Å². The Hall–Kier alpha value is -10.1. The highest BCUT2D eigenvalue weighted by molar-refractivity contribution is 7.00. The van der Waals surface area contributed by atoms with Crippen molar-refractivity contribution in [3.05, 3.63) is 282 Å². The van der Waals surface area contributed by atoms with Gasteiger partial charge in [0.2, 0.25) is 0 Å². The van der Waals surface area contributed by atoms with Gasteiger partial charge < -0.3 is 18.9 Å². The third-order valence-electron chi connectivity index (χ3n) is 19.9. The summed E-state index contributed by atoms with van der Waals surface area (Å²) in [6.45, 7) is 32.4. The lowest BCUT2D eigenvalue weighted by Crippen LogP contribution is -2.61. The first-order valence-corrected chi connectivity index (χ1v) is 33.6. The SMILES string of the molecule is [2H]c1c([2H])c([2H])c2c(c1[2H])c1c([2H])c([2H])c([2H])c([2H])c1n2-c1ccc2c(c1)N(c1cccc(-c3ccc(C(C)(C)C)cc3)c1)c1cc(-n3c4c([2H])c([2H])c([2H])c([2H])c4c4c([2H])c([2H])c([2H])c([2H])c43)cc3c1B2c1ccc(-c2cc(C(C)(C)C)cc(C(C)(C)C)c2)cc1N3c1cccc(-c2cc(C(C)(C)C)cc(C(C)(C)C)c2)c1. The molecule has 0 aliphatic carbocycles. The zero-order chi connectivity index (χ0) is 81.3. The summed E-state index contributed by atoms with van der Waals surface area (Å²) in [5.74, 6) is 0. The average molecular weight is 1280 g/mol. The lowest BCUT2D eigenvalue weighted by molar-refractivity contribution is 0.568. The summed E-state index contributed by atoms with van der Waals surface area (Å²) in [5.41, 5.74) is 16.7. The van der Waals surface area contributed by atoms with Crippen LogP contribution in [-0.4, -0.2) is 15.8 Å². The van der Waals surface area contributed by atoms with E-state index in [1.54, 1.807) is 4.57 Å². The third kappa shape index (κ3) is 10.5. The average Bonchev–Trinajstić information content (AvgIpc) is 1.69. The summed E-state index contributed by atoms with van der Waals surface area (Å²) in [7, 11) is 0. The predicted molar refractivity (Wildman–Crippen MR) is 419 cm³/mol. The van der Waals surface area contributed by atoms with E-state index >= 15 is 0 Å². The minimum Gasteiger partial charge on any atom is -0.311 e. The molecule has 5 heteroatoms. The second kappa shape index (κ2) is 22.2. The molecule has 0 saturated heterocycles. The van der Waals surface area contributed by atoms with Gasteiger partial charge >= 0.3 is 0 Å². The maximum atomic E-state index is 10.0. The fourth-order valence-corrected chi connectivity index (χ4v) is 14.5. The zero-order valence-electron chi connectivity index (χ0n) is 73.9. The van der Waals surface area contributed by atoms with Crippen LogP contribution in [0.4, 0.5) is 34.1 Å². The van der Waals surface area contributed by atoms with Crippen LogP contribution in [0.5, 0.6) is 0 Å². The minimum absolute atomic E-state index is 0.0650. The molecule has 97 heavy (non-hydrogen) atoms. The van der Waals surface area contributed by atoms with Gasteiger partial charge in [0.25, 0.3) is 6.71 Å². The van der Waals surface area contributed by atoms with Gasteiger partial charge in [-0.3, -0.25) is 0 Å². The minimum atomic E-state index is -0.699. The standard InChI is InChI=1S/C92H87BN4/c1-88(2,3)64-41-38-58(39-42-64)59-26-24-28-69(50-59)96-84-55-71(94-79-34-20-16-30-73(79)74-31-17-21-35-80(74)94)43-45-78(84)93-77-44-40-61(63-48-67(91(10,11)12)54-68(49-63)92(13,14)15)52-83(77)95(70-29-25-27-60(51-70)62-46-65(89(4,5)6)53-66(47-62)90(7,8)9)85-56-72(57-86(96)87(85)93)97-81-36-22-18-32-75(81)76-33-19-23-37-82(76)97/h16-57H,1-15H3/i16D,17D,18D,19D,20D,21D,22D,23D,30D,31D,32D,33D,34D,35D,36D,37D. The molecule has 16 rings (SSSR count). The van der Waals surface area contributed by atoms with Crippen LogP contribution in [0, 0.1) is 0 Å². The fraction of sp³-hybridized carbons (Fsp3) is 0.217. The molecule has 0 N–H and O–H groups in total. The largest absolute Gasteiger partial charge is 0.311 e. The first-order valence-electron chi connectivity index (χ1n) is 41.6. The van der Waals surface area contributed by atoms with Crippen molar-refractivity contribution in [3.8, 4) is 44.8 Å². The summed E-state index contributed by atoms with van der Waals surface area (Å²) in [5, 5.41) is -0.361. The molecule has 2 aliphatic heterocycles. The van der Waals surface area contributed by atoms with Crippen LogP contribution in [-0.2, 0) is 27.1 Å². The first-order chi connectivity index (χ1) is 52.9. The number of nitrogens with zero attached hydrogens (tertiary/aromatic N) is 4. The van der Waals surface area contributed by atoms with Crippen LogP contribution in [0.3, 0.4) is 0 Å². The molecule has 2 aliphatic rings. The van der Waals surface area contributed by atoms with Crippen molar-refractivity contribution in [1.82, 2.24) is 9.13 Å². The van der Waals surface area contributed by atoms with E-state index in [9.17, 15) is 19.2 Å². The summed E-state index contributed by atoms with van der Waals surface area (Å²) in [6.07, 6.45) is 0. The number of hydrogen-bond acceptors (Lipinski definition) is 2. The highest BCUT2D eigenvalue weighted by atomic mass is 15.2. The van der Waals surface area contributed by atoms with Crippen molar-refractivity contribution in [2.75, 3.05) is 9.80 Å². The van der Waals surface area contributed by atoms with Gasteiger partial charge in [-0.1, -0.05) is 279 Å². The van der Waals surface area contributed by atoms with E-state index in [0.29, 0.717) is 22.7 Å². The Bertz CT molecular complexity index is 6280. The molecule has 4 nitrogen and oxygen atoms in total. The molecule has 0 spiro atoms. The molecule has 0 atom stereocenters. The third-order valence-corrected chi connectivity index (χ3v) is 19.9. The Balaban J connectivity index is 1.11. The number of para-hydroxylation sites is 4. The summed E-state index contributed by atoms with van der Waals surface area (Å²) >= 11 is 0.